The van der Waals surface area contributed by atoms with Gasteiger partial charge in [-0.1, -0.05) is 51.2 Å². The van der Waals surface area contributed by atoms with Crippen LogP contribution in [-0.4, -0.2) is 52.7 Å². The van der Waals surface area contributed by atoms with Crippen LogP contribution in [0.15, 0.2) is 30.4 Å². The van der Waals surface area contributed by atoms with Crippen molar-refractivity contribution in [2.45, 2.75) is 71.1 Å². The van der Waals surface area contributed by atoms with Crippen molar-refractivity contribution in [1.82, 2.24) is 10.6 Å². The molecule has 0 aliphatic rings. The molecule has 35 heavy (non-hydrogen) atoms. The number of aromatic hydroxyl groups is 1. The predicted octanol–water partition coefficient (Wildman–Crippen LogP) is 5.54. The number of carbonyl (C=O) groups is 3. The number of phenols is 1. The van der Waals surface area contributed by atoms with Crippen LogP contribution in [0.5, 0.6) is 5.75 Å². The van der Waals surface area contributed by atoms with E-state index in [1.807, 2.05) is 0 Å². The van der Waals surface area contributed by atoms with Crippen LogP contribution >= 0.6 is 11.8 Å². The molecule has 196 valence electrons. The van der Waals surface area contributed by atoms with E-state index in [1.54, 1.807) is 11.8 Å². The number of urea groups is 1. The van der Waals surface area contributed by atoms with Gasteiger partial charge >= 0.3 is 12.0 Å². The minimum atomic E-state index is -1.29. The normalized spacial score (nSPS) is 10.9. The molecular formula is C26H41N3O5S. The molecule has 1 aromatic carbocycles. The van der Waals surface area contributed by atoms with Crippen molar-refractivity contribution >= 4 is 35.4 Å². The Kier molecular flexibility index (Phi) is 17.0. The number of rotatable bonds is 19. The number of hydrogen-bond acceptors (Lipinski definition) is 5. The molecule has 0 bridgehead atoms. The first kappa shape index (κ1) is 30.4. The Morgan fingerprint density at radius 2 is 1.57 bits per heavy atom. The van der Waals surface area contributed by atoms with Crippen molar-refractivity contribution in [1.29, 1.82) is 0 Å². The van der Waals surface area contributed by atoms with Crippen LogP contribution in [0.1, 0.15) is 81.5 Å². The molecule has 0 aliphatic heterocycles. The highest BCUT2D eigenvalue weighted by atomic mass is 32.2. The predicted molar refractivity (Wildman–Crippen MR) is 143 cm³/mol. The zero-order valence-corrected chi connectivity index (χ0v) is 21.6. The number of nitrogens with one attached hydrogen (secondary N) is 3. The molecule has 3 amide bonds. The van der Waals surface area contributed by atoms with Gasteiger partial charge in [0.25, 0.3) is 0 Å². The Labute approximate surface area is 213 Å². The van der Waals surface area contributed by atoms with Crippen LogP contribution in [0.4, 0.5) is 10.5 Å². The van der Waals surface area contributed by atoms with Gasteiger partial charge in [0.05, 0.1) is 5.75 Å². The highest BCUT2D eigenvalue weighted by molar-refractivity contribution is 7.99. The van der Waals surface area contributed by atoms with Gasteiger partial charge in [-0.25, -0.2) is 9.59 Å². The molecule has 0 aliphatic carbocycles. The largest absolute Gasteiger partial charge is 0.507 e. The number of carbonyl (C=O) groups excluding carboxylic acids is 2. The second-order valence-electron chi connectivity index (χ2n) is 8.34. The van der Waals surface area contributed by atoms with Crippen LogP contribution in [0.2, 0.25) is 0 Å². The number of anilines is 1. The van der Waals surface area contributed by atoms with E-state index in [1.165, 1.54) is 69.6 Å². The van der Waals surface area contributed by atoms with Crippen molar-refractivity contribution < 1.29 is 24.6 Å². The number of unbranched alkanes of at least 4 members (excludes halogenated alkanes) is 8. The molecule has 0 fully saturated rings. The third-order valence-electron chi connectivity index (χ3n) is 5.25. The topological polar surface area (TPSA) is 128 Å². The molecular weight excluding hydrogens is 466 g/mol. The maximum absolute atomic E-state index is 11.9. The first-order valence-electron chi connectivity index (χ1n) is 12.5. The molecule has 1 rings (SSSR count). The summed E-state index contributed by atoms with van der Waals surface area (Å²) in [5.74, 6) is -0.373. The number of carboxylic acid groups (broad SMARTS) is 1. The monoisotopic (exact) mass is 507 g/mol. The minimum Gasteiger partial charge on any atom is -0.507 e. The highest BCUT2D eigenvalue weighted by Crippen LogP contribution is 2.21. The molecule has 9 heteroatoms. The molecule has 8 nitrogen and oxygen atoms in total. The third kappa shape index (κ3) is 15.8. The standard InChI is InChI=1S/C26H41N3O5S/c1-2-3-4-5-6-7-8-9-10-11-12-13-18-35-20-24(31)27-16-17-28-26(34)29-21-14-15-23(30)22(19-21)25(32)33/h8-9,14-15,19,30H,2-7,10-13,16-18,20H2,1H3,(H,27,31)(H,32,33)(H2,28,29,34). The molecule has 0 saturated heterocycles. The van der Waals surface area contributed by atoms with Gasteiger partial charge < -0.3 is 26.2 Å². The molecule has 0 aromatic heterocycles. The summed E-state index contributed by atoms with van der Waals surface area (Å²) in [5, 5.41) is 26.3. The van der Waals surface area contributed by atoms with E-state index in [4.69, 9.17) is 5.11 Å². The van der Waals surface area contributed by atoms with Gasteiger partial charge in [0.15, 0.2) is 0 Å². The molecule has 0 spiro atoms. The van der Waals surface area contributed by atoms with Crippen molar-refractivity contribution in [3.8, 4) is 5.75 Å². The van der Waals surface area contributed by atoms with Crippen LogP contribution in [-0.2, 0) is 4.79 Å². The van der Waals surface area contributed by atoms with E-state index in [2.05, 4.69) is 35.0 Å². The van der Waals surface area contributed by atoms with Gasteiger partial charge in [-0.15, -0.1) is 0 Å². The van der Waals surface area contributed by atoms with E-state index >= 15 is 0 Å². The van der Waals surface area contributed by atoms with Crippen LogP contribution in [0.3, 0.4) is 0 Å². The maximum Gasteiger partial charge on any atom is 0.339 e. The average molecular weight is 508 g/mol. The summed E-state index contributed by atoms with van der Waals surface area (Å²) in [7, 11) is 0. The second kappa shape index (κ2) is 19.6. The van der Waals surface area contributed by atoms with E-state index < -0.39 is 12.0 Å². The van der Waals surface area contributed by atoms with Gasteiger partial charge in [-0.2, -0.15) is 11.8 Å². The Balaban J connectivity index is 1.98. The van der Waals surface area contributed by atoms with Crippen LogP contribution in [0, 0.1) is 0 Å². The Hall–Kier alpha value is -2.68. The van der Waals surface area contributed by atoms with Crippen LogP contribution < -0.4 is 16.0 Å². The lowest BCUT2D eigenvalue weighted by Crippen LogP contribution is -2.37. The average Bonchev–Trinajstić information content (AvgIpc) is 2.83. The maximum atomic E-state index is 11.9. The lowest BCUT2D eigenvalue weighted by Gasteiger charge is -2.09. The van der Waals surface area contributed by atoms with E-state index in [-0.39, 0.29) is 29.5 Å². The van der Waals surface area contributed by atoms with Gasteiger partial charge in [-0.3, -0.25) is 4.79 Å². The highest BCUT2D eigenvalue weighted by Gasteiger charge is 2.11. The zero-order valence-electron chi connectivity index (χ0n) is 20.8. The summed E-state index contributed by atoms with van der Waals surface area (Å²) in [6.07, 6.45) is 17.0. The minimum absolute atomic E-state index is 0.0660. The summed E-state index contributed by atoms with van der Waals surface area (Å²) in [5.41, 5.74) is -0.0557. The number of thioether (sulfide) groups is 1. The van der Waals surface area contributed by atoms with Gasteiger partial charge in [0, 0.05) is 18.8 Å². The summed E-state index contributed by atoms with van der Waals surface area (Å²) < 4.78 is 0. The van der Waals surface area contributed by atoms with E-state index in [9.17, 15) is 19.5 Å². The number of carboxylic acids is 1. The van der Waals surface area contributed by atoms with Gasteiger partial charge in [0.2, 0.25) is 5.91 Å². The molecule has 0 radical (unpaired) electrons. The zero-order chi connectivity index (χ0) is 25.7. The van der Waals surface area contributed by atoms with Crippen molar-refractivity contribution in [3.63, 3.8) is 0 Å². The molecule has 5 N–H and O–H groups in total. The Morgan fingerprint density at radius 3 is 2.26 bits per heavy atom. The number of aromatic carboxylic acids is 1. The fourth-order valence-electron chi connectivity index (χ4n) is 3.30. The molecule has 0 heterocycles. The summed E-state index contributed by atoms with van der Waals surface area (Å²) in [6, 6.07) is 3.24. The van der Waals surface area contributed by atoms with E-state index in [0.29, 0.717) is 12.3 Å². The van der Waals surface area contributed by atoms with Crippen molar-refractivity contribution in [3.05, 3.63) is 35.9 Å². The summed E-state index contributed by atoms with van der Waals surface area (Å²) in [4.78, 5) is 34.8. The fourth-order valence-corrected chi connectivity index (χ4v) is 4.14. The summed E-state index contributed by atoms with van der Waals surface area (Å²) >= 11 is 1.62. The number of benzene rings is 1. The van der Waals surface area contributed by atoms with Crippen molar-refractivity contribution in [2.75, 3.05) is 29.9 Å². The fraction of sp³-hybridized carbons (Fsp3) is 0.577. The lowest BCUT2D eigenvalue weighted by atomic mass is 10.1. The van der Waals surface area contributed by atoms with Gasteiger partial charge in [0.1, 0.15) is 11.3 Å². The molecule has 0 atom stereocenters. The second-order valence-corrected chi connectivity index (χ2v) is 9.45. The molecule has 0 unspecified atom stereocenters. The summed E-state index contributed by atoms with van der Waals surface area (Å²) in [6.45, 7) is 2.77. The van der Waals surface area contributed by atoms with Gasteiger partial charge in [-0.05, 0) is 56.1 Å². The SMILES string of the molecule is CCCCCCCC=CCCCCCSCC(=O)NCCNC(=O)Nc1ccc(O)c(C(=O)O)c1. The first-order valence-corrected chi connectivity index (χ1v) is 13.7. The number of allylic oxidation sites excluding steroid dienone is 2. The van der Waals surface area contributed by atoms with Crippen LogP contribution in [0.25, 0.3) is 0 Å². The lowest BCUT2D eigenvalue weighted by molar-refractivity contribution is -0.118. The van der Waals surface area contributed by atoms with Crippen molar-refractivity contribution in [2.24, 2.45) is 0 Å². The number of amides is 3. The molecule has 1 aromatic rings. The Morgan fingerprint density at radius 1 is 0.914 bits per heavy atom. The van der Waals surface area contributed by atoms with E-state index in [0.717, 1.165) is 18.6 Å². The smallest absolute Gasteiger partial charge is 0.339 e. The number of hydrogen-bond donors (Lipinski definition) is 5. The first-order chi connectivity index (χ1) is 16.9. The Bertz CT molecular complexity index is 801. The third-order valence-corrected chi connectivity index (χ3v) is 6.29. The quantitative estimate of drug-likeness (QED) is 0.0950. The molecule has 0 saturated carbocycles.